The minimum absolute atomic E-state index is 0.241. The number of nitrogens with one attached hydrogen (secondary N) is 2. The Labute approximate surface area is 171 Å². The van der Waals surface area contributed by atoms with Crippen LogP contribution in [0, 0.1) is 6.92 Å². The quantitative estimate of drug-likeness (QED) is 0.493. The first-order valence-corrected chi connectivity index (χ1v) is 9.97. The van der Waals surface area contributed by atoms with Gasteiger partial charge in [-0.25, -0.2) is 0 Å². The number of fused-ring (bicyclic) bond motifs is 1. The van der Waals surface area contributed by atoms with E-state index in [2.05, 4.69) is 17.6 Å². The highest BCUT2D eigenvalue weighted by atomic mass is 35.5. The minimum atomic E-state index is -0.337. The molecule has 1 heterocycles. The fourth-order valence-electron chi connectivity index (χ4n) is 2.69. The summed E-state index contributed by atoms with van der Waals surface area (Å²) in [6.45, 7) is 4.07. The van der Waals surface area contributed by atoms with E-state index >= 15 is 0 Å². The highest BCUT2D eigenvalue weighted by Crippen LogP contribution is 2.36. The molecule has 0 aliphatic carbocycles. The third-order valence-electron chi connectivity index (χ3n) is 4.00. The van der Waals surface area contributed by atoms with Crippen LogP contribution in [0.5, 0.6) is 0 Å². The van der Waals surface area contributed by atoms with Crippen molar-refractivity contribution in [2.75, 3.05) is 5.32 Å². The van der Waals surface area contributed by atoms with Gasteiger partial charge in [0.25, 0.3) is 5.91 Å². The van der Waals surface area contributed by atoms with Crippen LogP contribution in [-0.2, 0) is 6.42 Å². The number of thiophene rings is 1. The highest BCUT2D eigenvalue weighted by molar-refractivity contribution is 7.80. The number of aryl methyl sites for hydroxylation is 2. The number of carbonyl (C=O) groups is 1. The molecule has 134 valence electrons. The number of thiocarbonyl (C=S) groups is 1. The van der Waals surface area contributed by atoms with E-state index in [9.17, 15) is 4.79 Å². The molecule has 0 unspecified atom stereocenters. The zero-order valence-electron chi connectivity index (χ0n) is 14.2. The first-order chi connectivity index (χ1) is 12.4. The number of benzene rings is 2. The molecule has 0 aliphatic rings. The van der Waals surface area contributed by atoms with Crippen LogP contribution in [0.25, 0.3) is 10.1 Å². The van der Waals surface area contributed by atoms with Crippen molar-refractivity contribution in [1.29, 1.82) is 0 Å². The summed E-state index contributed by atoms with van der Waals surface area (Å²) in [6, 6.07) is 11.4. The van der Waals surface area contributed by atoms with Gasteiger partial charge in [-0.2, -0.15) is 0 Å². The molecule has 0 saturated heterocycles. The maximum atomic E-state index is 12.6. The molecule has 1 aromatic heterocycles. The lowest BCUT2D eigenvalue weighted by atomic mass is 10.1. The molecular formula is C19H16Cl2N2OS2. The van der Waals surface area contributed by atoms with Gasteiger partial charge in [0.15, 0.2) is 5.11 Å². The number of halogens is 2. The molecule has 7 heteroatoms. The van der Waals surface area contributed by atoms with Crippen molar-refractivity contribution in [2.24, 2.45) is 0 Å². The lowest BCUT2D eigenvalue weighted by Gasteiger charge is -2.15. The Hall–Kier alpha value is -1.66. The Bertz CT molecular complexity index is 1010. The van der Waals surface area contributed by atoms with Crippen LogP contribution in [-0.4, -0.2) is 11.0 Å². The zero-order chi connectivity index (χ0) is 18.8. The summed E-state index contributed by atoms with van der Waals surface area (Å²) in [5.74, 6) is -0.337. The van der Waals surface area contributed by atoms with Crippen LogP contribution >= 0.6 is 46.8 Å². The summed E-state index contributed by atoms with van der Waals surface area (Å²) < 4.78 is 0.860. The summed E-state index contributed by atoms with van der Waals surface area (Å²) >= 11 is 19.0. The number of anilines is 1. The van der Waals surface area contributed by atoms with Gasteiger partial charge in [0.2, 0.25) is 0 Å². The zero-order valence-corrected chi connectivity index (χ0v) is 17.3. The predicted molar refractivity (Wildman–Crippen MR) is 116 cm³/mol. The summed E-state index contributed by atoms with van der Waals surface area (Å²) in [4.78, 5) is 13.0. The van der Waals surface area contributed by atoms with Crippen molar-refractivity contribution >= 4 is 73.5 Å². The number of para-hydroxylation sites is 1. The normalized spacial score (nSPS) is 10.8. The Morgan fingerprint density at radius 1 is 1.23 bits per heavy atom. The van der Waals surface area contributed by atoms with Gasteiger partial charge in [0.05, 0.1) is 5.02 Å². The largest absolute Gasteiger partial charge is 0.332 e. The molecule has 3 rings (SSSR count). The number of rotatable bonds is 3. The molecule has 0 fully saturated rings. The van der Waals surface area contributed by atoms with E-state index in [-0.39, 0.29) is 11.0 Å². The molecule has 26 heavy (non-hydrogen) atoms. The molecule has 0 bridgehead atoms. The van der Waals surface area contributed by atoms with Crippen molar-refractivity contribution < 1.29 is 4.79 Å². The maximum absolute atomic E-state index is 12.6. The van der Waals surface area contributed by atoms with Crippen LogP contribution in [0.15, 0.2) is 36.4 Å². The molecular weight excluding hydrogens is 407 g/mol. The van der Waals surface area contributed by atoms with Crippen LogP contribution in [0.4, 0.5) is 5.69 Å². The van der Waals surface area contributed by atoms with Gasteiger partial charge < -0.3 is 5.32 Å². The van der Waals surface area contributed by atoms with E-state index in [1.54, 1.807) is 12.1 Å². The third kappa shape index (κ3) is 3.86. The molecule has 0 atom stereocenters. The summed E-state index contributed by atoms with van der Waals surface area (Å²) in [5, 5.41) is 7.90. The second-order valence-electron chi connectivity index (χ2n) is 5.76. The number of hydrogen-bond acceptors (Lipinski definition) is 3. The van der Waals surface area contributed by atoms with Gasteiger partial charge in [0.1, 0.15) is 4.88 Å². The van der Waals surface area contributed by atoms with Gasteiger partial charge in [-0.15, -0.1) is 11.3 Å². The van der Waals surface area contributed by atoms with Crippen LogP contribution < -0.4 is 10.6 Å². The van der Waals surface area contributed by atoms with Crippen molar-refractivity contribution in [3.05, 3.63) is 62.4 Å². The Morgan fingerprint density at radius 3 is 2.73 bits per heavy atom. The van der Waals surface area contributed by atoms with Crippen LogP contribution in [0.2, 0.25) is 10.0 Å². The van der Waals surface area contributed by atoms with Crippen LogP contribution in [0.1, 0.15) is 27.7 Å². The Morgan fingerprint density at radius 2 is 2.00 bits per heavy atom. The van der Waals surface area contributed by atoms with E-state index in [0.29, 0.717) is 14.9 Å². The standard InChI is InChI=1S/C19H16Cl2N2OS2/c1-3-11-6-4-5-10(2)16(11)22-19(25)23-18(24)17-15(21)13-8-7-12(20)9-14(13)26-17/h4-9H,3H2,1-2H3,(H2,22,23,24,25). The van der Waals surface area contributed by atoms with E-state index in [0.717, 1.165) is 33.3 Å². The molecule has 1 amide bonds. The fourth-order valence-corrected chi connectivity index (χ4v) is 4.57. The summed E-state index contributed by atoms with van der Waals surface area (Å²) in [7, 11) is 0. The number of hydrogen-bond donors (Lipinski definition) is 2. The predicted octanol–water partition coefficient (Wildman–Crippen LogP) is 6.21. The van der Waals surface area contributed by atoms with E-state index in [1.165, 1.54) is 11.3 Å². The van der Waals surface area contributed by atoms with Gasteiger partial charge in [0, 0.05) is 20.8 Å². The van der Waals surface area contributed by atoms with Crippen molar-refractivity contribution in [1.82, 2.24) is 5.32 Å². The second kappa shape index (κ2) is 7.92. The molecule has 2 N–H and O–H groups in total. The molecule has 3 nitrogen and oxygen atoms in total. The van der Waals surface area contributed by atoms with Crippen molar-refractivity contribution in [3.63, 3.8) is 0 Å². The van der Waals surface area contributed by atoms with Gasteiger partial charge >= 0.3 is 0 Å². The number of carbonyl (C=O) groups excluding carboxylic acids is 1. The lowest BCUT2D eigenvalue weighted by molar-refractivity contribution is 0.0982. The molecule has 0 aliphatic heterocycles. The van der Waals surface area contributed by atoms with Gasteiger partial charge in [-0.3, -0.25) is 10.1 Å². The highest BCUT2D eigenvalue weighted by Gasteiger charge is 2.18. The average Bonchev–Trinajstić information content (AvgIpc) is 2.92. The van der Waals surface area contributed by atoms with E-state index < -0.39 is 0 Å². The Balaban J connectivity index is 1.80. The monoisotopic (exact) mass is 422 g/mol. The molecule has 0 saturated carbocycles. The lowest BCUT2D eigenvalue weighted by Crippen LogP contribution is -2.34. The van der Waals surface area contributed by atoms with Gasteiger partial charge in [-0.05, 0) is 48.8 Å². The SMILES string of the molecule is CCc1cccc(C)c1NC(=S)NC(=O)c1sc2cc(Cl)ccc2c1Cl. The smallest absolute Gasteiger partial charge is 0.269 e. The molecule has 2 aromatic carbocycles. The maximum Gasteiger partial charge on any atom is 0.269 e. The topological polar surface area (TPSA) is 41.1 Å². The first-order valence-electron chi connectivity index (χ1n) is 7.99. The number of amides is 1. The van der Waals surface area contributed by atoms with E-state index in [1.807, 2.05) is 31.2 Å². The third-order valence-corrected chi connectivity index (χ3v) is 6.10. The second-order valence-corrected chi connectivity index (χ2v) is 8.03. The van der Waals surface area contributed by atoms with Gasteiger partial charge in [-0.1, -0.05) is 54.4 Å². The minimum Gasteiger partial charge on any atom is -0.332 e. The fraction of sp³-hybridized carbons (Fsp3) is 0.158. The first kappa shape index (κ1) is 19.1. The molecule has 0 spiro atoms. The average molecular weight is 423 g/mol. The molecule has 3 aromatic rings. The summed E-state index contributed by atoms with van der Waals surface area (Å²) in [5.41, 5.74) is 3.13. The summed E-state index contributed by atoms with van der Waals surface area (Å²) in [6.07, 6.45) is 0.865. The molecule has 0 radical (unpaired) electrons. The van der Waals surface area contributed by atoms with E-state index in [4.69, 9.17) is 35.4 Å². The van der Waals surface area contributed by atoms with Crippen molar-refractivity contribution in [2.45, 2.75) is 20.3 Å². The van der Waals surface area contributed by atoms with Crippen LogP contribution in [0.3, 0.4) is 0 Å². The Kier molecular flexibility index (Phi) is 5.82. The van der Waals surface area contributed by atoms with Crippen molar-refractivity contribution in [3.8, 4) is 0 Å².